The van der Waals surface area contributed by atoms with Crippen LogP contribution in [0.15, 0.2) is 60.7 Å². The van der Waals surface area contributed by atoms with Crippen LogP contribution in [-0.2, 0) is 39.7 Å². The zero-order valence-electron chi connectivity index (χ0n) is 30.5. The van der Waals surface area contributed by atoms with Gasteiger partial charge in [0.1, 0.15) is 12.7 Å². The maximum Gasteiger partial charge on any atom is 0.432 e. The summed E-state index contributed by atoms with van der Waals surface area (Å²) in [5, 5.41) is 0. The highest BCUT2D eigenvalue weighted by Gasteiger charge is 2.65. The van der Waals surface area contributed by atoms with E-state index >= 15 is 0 Å². The van der Waals surface area contributed by atoms with Crippen LogP contribution in [0.25, 0.3) is 0 Å². The lowest BCUT2D eigenvalue weighted by Crippen LogP contribution is -2.54. The van der Waals surface area contributed by atoms with Crippen molar-refractivity contribution in [2.24, 2.45) is 0 Å². The summed E-state index contributed by atoms with van der Waals surface area (Å²) in [6.45, 7) is 1.25. The smallest absolute Gasteiger partial charge is 0.432 e. The Hall–Kier alpha value is -2.77. The van der Waals surface area contributed by atoms with Gasteiger partial charge in [0.15, 0.2) is 0 Å². The van der Waals surface area contributed by atoms with Gasteiger partial charge in [-0.15, -0.1) is 0 Å². The Labute approximate surface area is 308 Å². The first-order valence-electron chi connectivity index (χ1n) is 18.1. The summed E-state index contributed by atoms with van der Waals surface area (Å²) in [6, 6.07) is 12.2. The first kappa shape index (κ1) is 45.4. The van der Waals surface area contributed by atoms with Gasteiger partial charge in [0, 0.05) is 31.1 Å². The van der Waals surface area contributed by atoms with Crippen LogP contribution in [0.4, 0.5) is 26.3 Å². The predicted octanol–water partition coefficient (Wildman–Crippen LogP) is 10.9. The molecule has 0 bridgehead atoms. The molecule has 0 aliphatic carbocycles. The Kier molecular flexibility index (Phi) is 20.2. The summed E-state index contributed by atoms with van der Waals surface area (Å²) in [5.41, 5.74) is -8.19. The fourth-order valence-corrected chi connectivity index (χ4v) is 7.01. The number of unbranched alkanes of at least 4 members (excludes halogenated alkanes) is 13. The molecule has 0 heterocycles. The molecule has 0 aromatic heterocycles. The Morgan fingerprint density at radius 1 is 0.596 bits per heavy atom. The molecule has 2 aromatic rings. The minimum atomic E-state index is -5.28. The Morgan fingerprint density at radius 2 is 0.981 bits per heavy atom. The van der Waals surface area contributed by atoms with Crippen molar-refractivity contribution in [1.82, 2.24) is 0 Å². The molecule has 2 rings (SSSR count). The number of methoxy groups -OCH3 is 2. The van der Waals surface area contributed by atoms with E-state index in [0.29, 0.717) is 20.0 Å². The first-order valence-corrected chi connectivity index (χ1v) is 19.3. The molecule has 0 aliphatic rings. The van der Waals surface area contributed by atoms with E-state index in [1.165, 1.54) is 106 Å². The lowest BCUT2D eigenvalue weighted by atomic mass is 9.92. The van der Waals surface area contributed by atoms with Crippen LogP contribution in [0.1, 0.15) is 108 Å². The molecule has 0 fully saturated rings. The molecule has 0 N–H and O–H groups in total. The molecule has 2 aromatic carbocycles. The maximum atomic E-state index is 14.5. The van der Waals surface area contributed by atoms with Gasteiger partial charge in [-0.2, -0.15) is 38.1 Å². The number of carbonyl (C=O) groups excluding carboxylic acids is 2. The van der Waals surface area contributed by atoms with Crippen LogP contribution < -0.4 is 0 Å². The molecule has 0 saturated heterocycles. The summed E-state index contributed by atoms with van der Waals surface area (Å²) in [5.74, 6) is -3.31. The van der Waals surface area contributed by atoms with Crippen molar-refractivity contribution in [3.63, 3.8) is 0 Å². The molecule has 0 unspecified atom stereocenters. The van der Waals surface area contributed by atoms with Crippen molar-refractivity contribution in [2.45, 2.75) is 126 Å². The third-order valence-corrected chi connectivity index (χ3v) is 10.2. The zero-order chi connectivity index (χ0) is 38.5. The summed E-state index contributed by atoms with van der Waals surface area (Å²) in [4.78, 5) is 26.6. The van der Waals surface area contributed by atoms with E-state index in [9.17, 15) is 35.9 Å². The number of ether oxygens (including phenoxy) is 4. The number of halogens is 6. The predicted molar refractivity (Wildman–Crippen MR) is 191 cm³/mol. The fourth-order valence-electron chi connectivity index (χ4n) is 6.01. The molecule has 3 atom stereocenters. The number of rotatable bonds is 26. The van der Waals surface area contributed by atoms with E-state index in [2.05, 4.69) is 6.92 Å². The van der Waals surface area contributed by atoms with E-state index in [4.69, 9.17) is 18.9 Å². The van der Waals surface area contributed by atoms with Gasteiger partial charge in [-0.05, 0) is 12.2 Å². The second kappa shape index (κ2) is 23.1. The number of thioether (sulfide) groups is 1. The number of hydrogen-bond acceptors (Lipinski definition) is 7. The molecule has 0 spiro atoms. The van der Waals surface area contributed by atoms with E-state index < -0.39 is 59.3 Å². The Morgan fingerprint density at radius 3 is 1.37 bits per heavy atom. The highest BCUT2D eigenvalue weighted by Crippen LogP contribution is 2.44. The second-order valence-corrected chi connectivity index (χ2v) is 13.9. The number of benzene rings is 2. The average molecular weight is 765 g/mol. The van der Waals surface area contributed by atoms with Gasteiger partial charge in [0.05, 0.1) is 0 Å². The normalized spacial score (nSPS) is 15.0. The van der Waals surface area contributed by atoms with Crippen molar-refractivity contribution >= 4 is 23.7 Å². The molecule has 0 radical (unpaired) electrons. The van der Waals surface area contributed by atoms with Gasteiger partial charge in [0.25, 0.3) is 11.2 Å². The van der Waals surface area contributed by atoms with E-state index in [1.54, 1.807) is 0 Å². The van der Waals surface area contributed by atoms with Crippen molar-refractivity contribution in [3.05, 3.63) is 71.8 Å². The number of alkyl halides is 6. The summed E-state index contributed by atoms with van der Waals surface area (Å²) >= 11 is 1.23. The molecule has 52 heavy (non-hydrogen) atoms. The second-order valence-electron chi connectivity index (χ2n) is 12.8. The van der Waals surface area contributed by atoms with Gasteiger partial charge in [-0.1, -0.05) is 151 Å². The number of esters is 2. The van der Waals surface area contributed by atoms with Crippen LogP contribution in [-0.4, -0.2) is 62.7 Å². The molecule has 0 saturated carbocycles. The van der Waals surface area contributed by atoms with Crippen LogP contribution in [0.2, 0.25) is 0 Å². The molecule has 0 aliphatic heterocycles. The van der Waals surface area contributed by atoms with Gasteiger partial charge >= 0.3 is 24.3 Å². The first-order chi connectivity index (χ1) is 24.8. The molecule has 13 heteroatoms. The maximum absolute atomic E-state index is 14.5. The van der Waals surface area contributed by atoms with Crippen molar-refractivity contribution in [1.29, 1.82) is 0 Å². The van der Waals surface area contributed by atoms with Crippen LogP contribution in [0.5, 0.6) is 0 Å². The van der Waals surface area contributed by atoms with E-state index in [0.717, 1.165) is 56.4 Å². The topological polar surface area (TPSA) is 71.1 Å². The molecular weight excluding hydrogens is 710 g/mol. The molecule has 0 amide bonds. The SMILES string of the molecule is CCCCCCCCCCCCCCCCSC[C@@H](COC(=O)[C@](OC)(c1ccccc1)C(F)(F)F)OC(=O)[C@](OC)(c1ccccc1)C(F)(F)F. The van der Waals surface area contributed by atoms with Gasteiger partial charge in [0.2, 0.25) is 0 Å². The van der Waals surface area contributed by atoms with Crippen molar-refractivity contribution in [3.8, 4) is 0 Å². The highest BCUT2D eigenvalue weighted by molar-refractivity contribution is 7.99. The Bertz CT molecular complexity index is 1280. The average Bonchev–Trinajstić information content (AvgIpc) is 3.11. The lowest BCUT2D eigenvalue weighted by molar-refractivity contribution is -0.282. The number of hydrogen-bond donors (Lipinski definition) is 0. The summed E-state index contributed by atoms with van der Waals surface area (Å²) in [6.07, 6.45) is 4.32. The van der Waals surface area contributed by atoms with E-state index in [1.807, 2.05) is 0 Å². The molecule has 6 nitrogen and oxygen atoms in total. The van der Waals surface area contributed by atoms with Crippen molar-refractivity contribution < 1.29 is 54.9 Å². The monoisotopic (exact) mass is 764 g/mol. The van der Waals surface area contributed by atoms with Gasteiger partial charge in [-0.25, -0.2) is 9.59 Å². The van der Waals surface area contributed by atoms with E-state index in [-0.39, 0.29) is 5.75 Å². The standard InChI is InChI=1S/C39H54F6O6S/c1-4-5-6-7-8-9-10-11-12-13-14-15-16-23-28-52-30-33(51-35(47)37(49-3,39(43,44)45)32-26-21-18-22-27-32)29-50-34(46)36(48-2,38(40,41)42)31-24-19-17-20-25-31/h17-22,24-27,33H,4-16,23,28-30H2,1-3H3/t33-,36-,37-/m1/s1. The zero-order valence-corrected chi connectivity index (χ0v) is 31.3. The fraction of sp³-hybridized carbons (Fsp3) is 0.641. The van der Waals surface area contributed by atoms with Crippen LogP contribution in [0.3, 0.4) is 0 Å². The van der Waals surface area contributed by atoms with Gasteiger partial charge < -0.3 is 18.9 Å². The summed E-state index contributed by atoms with van der Waals surface area (Å²) < 4.78 is 107. The van der Waals surface area contributed by atoms with Gasteiger partial charge in [-0.3, -0.25) is 0 Å². The van der Waals surface area contributed by atoms with Crippen LogP contribution >= 0.6 is 11.8 Å². The molecular formula is C39H54F6O6S. The highest BCUT2D eigenvalue weighted by atomic mass is 32.2. The number of carbonyl (C=O) groups is 2. The minimum Gasteiger partial charge on any atom is -0.459 e. The third-order valence-electron chi connectivity index (χ3n) is 8.97. The van der Waals surface area contributed by atoms with Crippen LogP contribution in [0, 0.1) is 0 Å². The quantitative estimate of drug-likeness (QED) is 0.0537. The third kappa shape index (κ3) is 13.0. The minimum absolute atomic E-state index is 0.152. The Balaban J connectivity index is 2.05. The molecule has 294 valence electrons. The largest absolute Gasteiger partial charge is 0.459 e. The lowest BCUT2D eigenvalue weighted by Gasteiger charge is -2.34. The summed E-state index contributed by atoms with van der Waals surface area (Å²) in [7, 11) is 1.40. The van der Waals surface area contributed by atoms with Crippen molar-refractivity contribution in [2.75, 3.05) is 32.3 Å².